The zero-order valence-electron chi connectivity index (χ0n) is 17.2. The second kappa shape index (κ2) is 9.66. The molecular weight excluding hydrogens is 476 g/mol. The van der Waals surface area contributed by atoms with Crippen LogP contribution in [-0.2, 0) is 4.79 Å². The molecule has 2 aromatic heterocycles. The molecule has 7 heteroatoms. The van der Waals surface area contributed by atoms with Gasteiger partial charge in [-0.25, -0.2) is 4.98 Å². The lowest BCUT2D eigenvalue weighted by Crippen LogP contribution is -2.00. The van der Waals surface area contributed by atoms with Crippen molar-refractivity contribution in [2.75, 3.05) is 6.61 Å². The summed E-state index contributed by atoms with van der Waals surface area (Å²) < 4.78 is 9.17. The van der Waals surface area contributed by atoms with Gasteiger partial charge in [0.1, 0.15) is 5.75 Å². The highest BCUT2D eigenvalue weighted by molar-refractivity contribution is 9.10. The van der Waals surface area contributed by atoms with Crippen molar-refractivity contribution in [3.8, 4) is 22.1 Å². The Balaban J connectivity index is 1.63. The van der Waals surface area contributed by atoms with Gasteiger partial charge in [-0.1, -0.05) is 17.7 Å². The molecule has 1 N–H and O–H groups in total. The number of nitrogens with zero attached hydrogens (tertiary/aromatic N) is 2. The number of unbranched alkanes of at least 4 members (excludes halogenated alkanes) is 2. The number of halogens is 1. The molecule has 0 fully saturated rings. The van der Waals surface area contributed by atoms with Crippen LogP contribution in [0.15, 0.2) is 58.4 Å². The molecule has 0 radical (unpaired) electrons. The van der Waals surface area contributed by atoms with Crippen molar-refractivity contribution in [2.45, 2.75) is 32.6 Å². The number of fused-ring (bicyclic) bond motifs is 1. The van der Waals surface area contributed by atoms with Gasteiger partial charge < -0.3 is 9.84 Å². The molecule has 0 bridgehead atoms. The maximum absolute atomic E-state index is 10.6. The van der Waals surface area contributed by atoms with Gasteiger partial charge >= 0.3 is 5.97 Å². The number of carboxylic acid groups (broad SMARTS) is 1. The highest BCUT2D eigenvalue weighted by atomic mass is 79.9. The summed E-state index contributed by atoms with van der Waals surface area (Å²) in [5.41, 5.74) is 4.17. The first kappa shape index (κ1) is 21.6. The first-order valence-corrected chi connectivity index (χ1v) is 11.9. The monoisotopic (exact) mass is 498 g/mol. The number of hydrogen-bond donors (Lipinski definition) is 1. The predicted molar refractivity (Wildman–Crippen MR) is 128 cm³/mol. The molecule has 0 amide bonds. The van der Waals surface area contributed by atoms with Crippen LogP contribution in [0.4, 0.5) is 0 Å². The molecule has 2 aromatic carbocycles. The number of aromatic nitrogens is 2. The smallest absolute Gasteiger partial charge is 0.303 e. The summed E-state index contributed by atoms with van der Waals surface area (Å²) in [7, 11) is 0. The van der Waals surface area contributed by atoms with E-state index in [1.807, 2.05) is 18.2 Å². The molecule has 160 valence electrons. The summed E-state index contributed by atoms with van der Waals surface area (Å²) in [4.78, 5) is 16.6. The summed E-state index contributed by atoms with van der Waals surface area (Å²) >= 11 is 5.20. The first-order valence-electron chi connectivity index (χ1n) is 10.2. The molecule has 0 aliphatic heterocycles. The van der Waals surface area contributed by atoms with Crippen molar-refractivity contribution in [1.29, 1.82) is 0 Å². The molecule has 0 aliphatic carbocycles. The summed E-state index contributed by atoms with van der Waals surface area (Å²) in [6.45, 7) is 2.64. The molecule has 0 saturated heterocycles. The highest BCUT2D eigenvalue weighted by Gasteiger charge is 2.16. The van der Waals surface area contributed by atoms with Crippen molar-refractivity contribution < 1.29 is 14.6 Å². The zero-order valence-corrected chi connectivity index (χ0v) is 19.6. The SMILES string of the molecule is Cc1ccc(-n2c(-c3cc(Br)cs3)nc3ccc(OCCCCCC(=O)O)cc32)cc1. The van der Waals surface area contributed by atoms with E-state index in [4.69, 9.17) is 14.8 Å². The molecule has 4 rings (SSSR count). The normalized spacial score (nSPS) is 11.2. The van der Waals surface area contributed by atoms with E-state index in [0.717, 1.165) is 50.5 Å². The van der Waals surface area contributed by atoms with Gasteiger partial charge in [-0.3, -0.25) is 9.36 Å². The number of thiophene rings is 1. The lowest BCUT2D eigenvalue weighted by Gasteiger charge is -2.10. The van der Waals surface area contributed by atoms with Gasteiger partial charge in [0, 0.05) is 28.0 Å². The Bertz CT molecular complexity index is 1200. The number of benzene rings is 2. The molecule has 0 unspecified atom stereocenters. The Labute approximate surface area is 193 Å². The molecule has 0 spiro atoms. The minimum atomic E-state index is -0.746. The van der Waals surface area contributed by atoms with Gasteiger partial charge in [-0.2, -0.15) is 0 Å². The predicted octanol–water partition coefficient (Wildman–Crippen LogP) is 6.85. The van der Waals surface area contributed by atoms with E-state index in [1.165, 1.54) is 5.56 Å². The Morgan fingerprint density at radius 1 is 1.13 bits per heavy atom. The standard InChI is InChI=1S/C24H23BrN2O3S/c1-16-6-8-18(9-7-16)27-21-14-19(30-12-4-2-3-5-23(28)29)10-11-20(21)26-24(27)22-13-17(25)15-31-22/h6-11,13-15H,2-5,12H2,1H3,(H,28,29). The quantitative estimate of drug-likeness (QED) is 0.256. The second-order valence-electron chi connectivity index (χ2n) is 7.44. The first-order chi connectivity index (χ1) is 15.0. The van der Waals surface area contributed by atoms with E-state index in [0.29, 0.717) is 13.0 Å². The number of aliphatic carboxylic acids is 1. The average Bonchev–Trinajstić information content (AvgIpc) is 3.34. The van der Waals surface area contributed by atoms with E-state index in [1.54, 1.807) is 11.3 Å². The van der Waals surface area contributed by atoms with Gasteiger partial charge in [-0.05, 0) is 72.4 Å². The number of ether oxygens (including phenoxy) is 1. The Hall–Kier alpha value is -2.64. The van der Waals surface area contributed by atoms with Crippen LogP contribution in [0.2, 0.25) is 0 Å². The molecule has 2 heterocycles. The third-order valence-corrected chi connectivity index (χ3v) is 6.70. The molecule has 5 nitrogen and oxygen atoms in total. The Kier molecular flexibility index (Phi) is 6.73. The second-order valence-corrected chi connectivity index (χ2v) is 9.27. The molecule has 4 aromatic rings. The van der Waals surface area contributed by atoms with Crippen LogP contribution in [0.25, 0.3) is 27.4 Å². The van der Waals surface area contributed by atoms with Crippen LogP contribution in [-0.4, -0.2) is 27.2 Å². The van der Waals surface area contributed by atoms with Crippen LogP contribution < -0.4 is 4.74 Å². The van der Waals surface area contributed by atoms with Crippen molar-refractivity contribution >= 4 is 44.3 Å². The third-order valence-electron chi connectivity index (χ3n) is 5.01. The van der Waals surface area contributed by atoms with E-state index in [-0.39, 0.29) is 6.42 Å². The van der Waals surface area contributed by atoms with E-state index in [9.17, 15) is 4.79 Å². The summed E-state index contributed by atoms with van der Waals surface area (Å²) in [6.07, 6.45) is 2.56. The molecule has 0 atom stereocenters. The van der Waals surface area contributed by atoms with Crippen LogP contribution in [0, 0.1) is 6.92 Å². The van der Waals surface area contributed by atoms with Crippen LogP contribution >= 0.6 is 27.3 Å². The van der Waals surface area contributed by atoms with Crippen LogP contribution in [0.3, 0.4) is 0 Å². The van der Waals surface area contributed by atoms with E-state index >= 15 is 0 Å². The summed E-state index contributed by atoms with van der Waals surface area (Å²) in [5.74, 6) is 0.947. The van der Waals surface area contributed by atoms with Crippen LogP contribution in [0.1, 0.15) is 31.2 Å². The lowest BCUT2D eigenvalue weighted by atomic mass is 10.2. The fraction of sp³-hybridized carbons (Fsp3) is 0.250. The van der Waals surface area contributed by atoms with Crippen molar-refractivity contribution in [1.82, 2.24) is 9.55 Å². The maximum Gasteiger partial charge on any atom is 0.303 e. The number of hydrogen-bond acceptors (Lipinski definition) is 4. The van der Waals surface area contributed by atoms with Gasteiger partial charge in [0.25, 0.3) is 0 Å². The van der Waals surface area contributed by atoms with E-state index in [2.05, 4.69) is 63.1 Å². The molecule has 31 heavy (non-hydrogen) atoms. The minimum Gasteiger partial charge on any atom is -0.494 e. The maximum atomic E-state index is 10.6. The number of carbonyl (C=O) groups is 1. The van der Waals surface area contributed by atoms with Crippen molar-refractivity contribution in [3.05, 3.63) is 63.9 Å². The number of aryl methyl sites for hydroxylation is 1. The molecular formula is C24H23BrN2O3S. The van der Waals surface area contributed by atoms with Crippen LogP contribution in [0.5, 0.6) is 5.75 Å². The number of rotatable bonds is 9. The van der Waals surface area contributed by atoms with Crippen molar-refractivity contribution in [3.63, 3.8) is 0 Å². The lowest BCUT2D eigenvalue weighted by molar-refractivity contribution is -0.137. The van der Waals surface area contributed by atoms with Gasteiger partial charge in [0.05, 0.1) is 22.5 Å². The zero-order chi connectivity index (χ0) is 21.8. The summed E-state index contributed by atoms with van der Waals surface area (Å²) in [5, 5.41) is 10.8. The average molecular weight is 499 g/mol. The largest absolute Gasteiger partial charge is 0.494 e. The van der Waals surface area contributed by atoms with Gasteiger partial charge in [0.15, 0.2) is 5.82 Å². The fourth-order valence-electron chi connectivity index (χ4n) is 3.44. The fourth-order valence-corrected chi connectivity index (χ4v) is 4.85. The summed E-state index contributed by atoms with van der Waals surface area (Å²) in [6, 6.07) is 16.5. The van der Waals surface area contributed by atoms with Gasteiger partial charge in [-0.15, -0.1) is 11.3 Å². The third kappa shape index (κ3) is 5.17. The topological polar surface area (TPSA) is 64.4 Å². The minimum absolute atomic E-state index is 0.212. The number of carboxylic acids is 1. The van der Waals surface area contributed by atoms with E-state index < -0.39 is 5.97 Å². The Morgan fingerprint density at radius 2 is 1.94 bits per heavy atom. The van der Waals surface area contributed by atoms with Gasteiger partial charge in [0.2, 0.25) is 0 Å². The molecule has 0 saturated carbocycles. The number of imidazole rings is 1. The Morgan fingerprint density at radius 3 is 2.65 bits per heavy atom. The van der Waals surface area contributed by atoms with Crippen molar-refractivity contribution in [2.24, 2.45) is 0 Å². The molecule has 0 aliphatic rings. The highest BCUT2D eigenvalue weighted by Crippen LogP contribution is 2.35.